The van der Waals surface area contributed by atoms with Crippen LogP contribution in [0, 0.1) is 27.7 Å². The molecule has 0 N–H and O–H groups in total. The Morgan fingerprint density at radius 3 is 0.750 bits per heavy atom. The third-order valence-corrected chi connectivity index (χ3v) is 26.9. The van der Waals surface area contributed by atoms with Crippen LogP contribution in [-0.2, 0) is 45.8 Å². The monoisotopic (exact) mass is 1740 g/mol. The number of fused-ring (bicyclic) bond motifs is 28. The molecule has 0 fully saturated rings. The van der Waals surface area contributed by atoms with E-state index in [4.69, 9.17) is 18.9 Å². The Morgan fingerprint density at radius 1 is 0.212 bits per heavy atom. The van der Waals surface area contributed by atoms with Gasteiger partial charge in [0.15, 0.2) is 0 Å². The van der Waals surface area contributed by atoms with Crippen LogP contribution in [0.1, 0.15) is 89.1 Å². The molecule has 0 radical (unpaired) electrons. The van der Waals surface area contributed by atoms with Gasteiger partial charge in [-0.3, -0.25) is 0 Å². The van der Waals surface area contributed by atoms with Gasteiger partial charge in [0.25, 0.3) is 0 Å². The van der Waals surface area contributed by atoms with Crippen molar-refractivity contribution in [2.24, 2.45) is 0 Å². The molecule has 15 aromatic carbocycles. The molecule has 2 atom stereocenters. The first-order chi connectivity index (χ1) is 64.8. The summed E-state index contributed by atoms with van der Waals surface area (Å²) in [6, 6.07) is 112. The number of anilines is 1. The minimum atomic E-state index is 0.462. The maximum atomic E-state index is 5.04. The van der Waals surface area contributed by atoms with Gasteiger partial charge < -0.3 is 55.8 Å². The third kappa shape index (κ3) is 16.2. The van der Waals surface area contributed by atoms with Crippen molar-refractivity contribution in [3.05, 3.63) is 368 Å². The van der Waals surface area contributed by atoms with E-state index in [-0.39, 0.29) is 0 Å². The first kappa shape index (κ1) is 89.4. The number of hydrogen-bond acceptors (Lipinski definition) is 5. The van der Waals surface area contributed by atoms with Gasteiger partial charge in [-0.1, -0.05) is 249 Å². The molecule has 0 saturated heterocycles. The van der Waals surface area contributed by atoms with Gasteiger partial charge in [-0.25, -0.2) is 0 Å². The molecule has 12 nitrogen and oxygen atoms in total. The van der Waals surface area contributed by atoms with E-state index in [0.717, 1.165) is 75.4 Å². The Labute approximate surface area is 775 Å². The molecule has 132 heavy (non-hydrogen) atoms. The lowest BCUT2D eigenvalue weighted by Gasteiger charge is -2.27. The Balaban J connectivity index is 0.000000109. The topological polar surface area (TPSA) is 74.7 Å². The van der Waals surface area contributed by atoms with Crippen molar-refractivity contribution in [2.75, 3.05) is 39.9 Å². The smallest absolute Gasteiger partial charge is 0.121 e. The van der Waals surface area contributed by atoms with E-state index in [2.05, 4.69) is 335 Å². The predicted molar refractivity (Wildman–Crippen MR) is 565 cm³/mol. The van der Waals surface area contributed by atoms with E-state index in [1.165, 1.54) is 186 Å². The van der Waals surface area contributed by atoms with Gasteiger partial charge in [-0.15, -0.1) is 0 Å². The fourth-order valence-electron chi connectivity index (χ4n) is 21.0. The zero-order valence-corrected chi connectivity index (χ0v) is 79.4. The second kappa shape index (κ2) is 39.8. The van der Waals surface area contributed by atoms with Crippen LogP contribution < -0.4 is 23.8 Å². The molecule has 12 heteroatoms. The number of aromatic nitrogens is 7. The van der Waals surface area contributed by atoms with Crippen LogP contribution in [0.4, 0.5) is 5.69 Å². The fourth-order valence-corrected chi connectivity index (χ4v) is 21.0. The van der Waals surface area contributed by atoms with Gasteiger partial charge in [0.2, 0.25) is 0 Å². The Hall–Kier alpha value is -14.6. The highest BCUT2D eigenvalue weighted by Gasteiger charge is 2.38. The number of aryl methyl sites for hydroxylation is 11. The summed E-state index contributed by atoms with van der Waals surface area (Å²) in [6.07, 6.45) is 9.15. The number of benzene rings is 15. The fraction of sp³-hybridized carbons (Fsp3) is 0.217. The number of hydrogen-bond donors (Lipinski definition) is 0. The maximum Gasteiger partial charge on any atom is 0.121 e. The van der Waals surface area contributed by atoms with Gasteiger partial charge in [-0.05, 0) is 202 Å². The molecule has 0 bridgehead atoms. The van der Waals surface area contributed by atoms with Gasteiger partial charge in [0.1, 0.15) is 23.0 Å². The standard InChI is InChI=1S/3C22H20N2.C22H22N2.4C8H10O/c2*1-3-23-19-12-8-6-10-17(19)21-20(23)14-13-16-15-9-5-7-11-18(15)24(4-2)22(16)21;1-3-23-19-11-7-5-9-15(19)17-13-14-18-16-10-6-8-12-20(16)24(4-2)22(18)21(17)23;1-3-23-17-11-7-5-9-15(17)21-19(23)13-14-20-22(21)16-10-6-8-12-18(16)24(20)4-2;4*1-7-5-3-4-6-8(7)9-2/h3*5-14H,3-4H2,1-2H3;5-15,17H,3-4H2,1-2H3;4*3-6H,1-2H3. The minimum Gasteiger partial charge on any atom is -0.496 e. The molecule has 7 aromatic heterocycles. The molecular weight excluding hydrogens is 1620 g/mol. The second-order valence-corrected chi connectivity index (χ2v) is 33.7. The largest absolute Gasteiger partial charge is 0.496 e. The zero-order valence-electron chi connectivity index (χ0n) is 79.4. The number of para-hydroxylation sites is 11. The number of nitrogens with zero attached hydrogens (tertiary/aromatic N) is 8. The van der Waals surface area contributed by atoms with E-state index in [9.17, 15) is 0 Å². The predicted octanol–water partition coefficient (Wildman–Crippen LogP) is 31.1. The normalized spacial score (nSPS) is 13.0. The summed E-state index contributed by atoms with van der Waals surface area (Å²) >= 11 is 0. The van der Waals surface area contributed by atoms with Crippen molar-refractivity contribution in [1.82, 2.24) is 32.0 Å². The van der Waals surface area contributed by atoms with Crippen molar-refractivity contribution in [1.29, 1.82) is 0 Å². The summed E-state index contributed by atoms with van der Waals surface area (Å²) in [7, 11) is 6.73. The number of ether oxygens (including phenoxy) is 4. The van der Waals surface area contributed by atoms with Crippen molar-refractivity contribution < 1.29 is 18.9 Å². The molecule has 2 aliphatic rings. The van der Waals surface area contributed by atoms with E-state index in [1.54, 1.807) is 28.4 Å². The summed E-state index contributed by atoms with van der Waals surface area (Å²) in [4.78, 5) is 2.55. The first-order valence-electron chi connectivity index (χ1n) is 47.0. The van der Waals surface area contributed by atoms with Crippen LogP contribution in [0.25, 0.3) is 153 Å². The number of allylic oxidation sites excluding steroid dienone is 2. The highest BCUT2D eigenvalue weighted by Crippen LogP contribution is 2.50. The summed E-state index contributed by atoms with van der Waals surface area (Å²) in [5, 5.41) is 19.2. The van der Waals surface area contributed by atoms with Crippen LogP contribution in [0.3, 0.4) is 0 Å². The van der Waals surface area contributed by atoms with Crippen LogP contribution >= 0.6 is 0 Å². The van der Waals surface area contributed by atoms with E-state index < -0.39 is 0 Å². The van der Waals surface area contributed by atoms with Crippen molar-refractivity contribution in [3.63, 3.8) is 0 Å². The lowest BCUT2D eigenvalue weighted by atomic mass is 9.89. The SMILES string of the molecule is CCN1c2ccc3c(c2C2C=CC=CC21)c1ccccc1n3CC.CCn1c2ccccc2c2c1ccc1c3ccccc3n(CC)c12.CCn1c2ccccc2c2c1ccc1c3ccccc3n(CC)c12.CCn1c2ccccc2c2ccc3c4ccccc4n(CC)c3c21.COc1ccccc1C.COc1ccccc1C.COc1ccccc1C.COc1ccccc1C. The molecular formula is C120H122N8O4. The molecule has 8 heterocycles. The van der Waals surface area contributed by atoms with Gasteiger partial charge >= 0.3 is 0 Å². The summed E-state index contributed by atoms with van der Waals surface area (Å²) in [5.74, 6) is 4.29. The molecule has 0 saturated carbocycles. The summed E-state index contributed by atoms with van der Waals surface area (Å²) < 4.78 is 37.4. The van der Waals surface area contributed by atoms with E-state index >= 15 is 0 Å². The van der Waals surface area contributed by atoms with Crippen LogP contribution in [0.5, 0.6) is 23.0 Å². The molecule has 2 unspecified atom stereocenters. The van der Waals surface area contributed by atoms with Gasteiger partial charge in [0, 0.05) is 184 Å². The average Bonchev–Trinajstić information content (AvgIpc) is 1.57. The van der Waals surface area contributed by atoms with Gasteiger partial charge in [-0.2, -0.15) is 0 Å². The highest BCUT2D eigenvalue weighted by molar-refractivity contribution is 6.27. The molecule has 1 aliphatic heterocycles. The number of likely N-dealkylation sites (N-methyl/N-ethyl adjacent to an activating group) is 1. The van der Waals surface area contributed by atoms with Crippen molar-refractivity contribution in [3.8, 4) is 23.0 Å². The van der Waals surface area contributed by atoms with Crippen LogP contribution in [0.2, 0.25) is 0 Å². The minimum absolute atomic E-state index is 0.462. The molecule has 0 amide bonds. The molecule has 0 spiro atoms. The lowest BCUT2D eigenvalue weighted by molar-refractivity contribution is 0.411. The van der Waals surface area contributed by atoms with Crippen LogP contribution in [0.15, 0.2) is 340 Å². The molecule has 24 rings (SSSR count). The number of methoxy groups -OCH3 is 4. The Bertz CT molecular complexity index is 7500. The van der Waals surface area contributed by atoms with Crippen molar-refractivity contribution >= 4 is 158 Å². The van der Waals surface area contributed by atoms with E-state index in [1.807, 2.05) is 125 Å². The highest BCUT2D eigenvalue weighted by atomic mass is 16.5. The summed E-state index contributed by atoms with van der Waals surface area (Å²) in [6.45, 7) is 34.0. The summed E-state index contributed by atoms with van der Waals surface area (Å²) in [5.41, 5.74) is 26.5. The average molecular weight is 1740 g/mol. The second-order valence-electron chi connectivity index (χ2n) is 33.7. The van der Waals surface area contributed by atoms with Crippen LogP contribution in [-0.4, -0.2) is 73.0 Å². The van der Waals surface area contributed by atoms with E-state index in [0.29, 0.717) is 12.0 Å². The molecule has 22 aromatic rings. The third-order valence-electron chi connectivity index (χ3n) is 26.9. The van der Waals surface area contributed by atoms with Crippen molar-refractivity contribution in [2.45, 2.75) is 141 Å². The number of rotatable bonds is 12. The van der Waals surface area contributed by atoms with Gasteiger partial charge in [0.05, 0.1) is 67.6 Å². The molecule has 666 valence electrons. The maximum absolute atomic E-state index is 5.04. The first-order valence-corrected chi connectivity index (χ1v) is 47.0. The Kier molecular flexibility index (Phi) is 26.9. The Morgan fingerprint density at radius 2 is 0.455 bits per heavy atom. The quantitative estimate of drug-likeness (QED) is 0.122. The molecule has 1 aliphatic carbocycles. The zero-order chi connectivity index (χ0) is 91.8. The lowest BCUT2D eigenvalue weighted by Crippen LogP contribution is -2.32.